The van der Waals surface area contributed by atoms with Crippen molar-refractivity contribution in [2.75, 3.05) is 6.61 Å². The monoisotopic (exact) mass is 295 g/mol. The molecule has 0 saturated carbocycles. The fraction of sp³-hybridized carbons (Fsp3) is 0.333. The Kier molecular flexibility index (Phi) is 5.98. The zero-order valence-corrected chi connectivity index (χ0v) is 12.9. The van der Waals surface area contributed by atoms with Gasteiger partial charge < -0.3 is 5.11 Å². The van der Waals surface area contributed by atoms with Crippen molar-refractivity contribution < 1.29 is 13.5 Å². The number of aryl methyl sites for hydroxylation is 1. The van der Waals surface area contributed by atoms with Gasteiger partial charge in [0.1, 0.15) is 0 Å². The van der Waals surface area contributed by atoms with E-state index in [2.05, 4.69) is 0 Å². The van der Waals surface area contributed by atoms with Crippen LogP contribution >= 0.6 is 0 Å². The van der Waals surface area contributed by atoms with Crippen LogP contribution in [0.2, 0.25) is 0 Å². The molecule has 0 radical (unpaired) electrons. The van der Waals surface area contributed by atoms with Crippen molar-refractivity contribution in [3.8, 4) is 0 Å². The van der Waals surface area contributed by atoms with Crippen LogP contribution in [0.25, 0.3) is 0 Å². The predicted octanol–water partition coefficient (Wildman–Crippen LogP) is 2.59. The van der Waals surface area contributed by atoms with E-state index in [0.29, 0.717) is 6.42 Å². The standard InChI is InChI=1S/C13H15NO3S.C2H6/c1-11-2-4-13(5-3-11)18(16,17)14-8-6-12(10-14)7-9-15;1-2/h2-6,8,10,15H,7,9H2,1H3;1-2H3. The lowest BCUT2D eigenvalue weighted by molar-refractivity contribution is 0.299. The Morgan fingerprint density at radius 3 is 2.25 bits per heavy atom. The van der Waals surface area contributed by atoms with Crippen LogP contribution in [0.3, 0.4) is 0 Å². The van der Waals surface area contributed by atoms with Gasteiger partial charge in [-0.3, -0.25) is 0 Å². The van der Waals surface area contributed by atoms with Crippen molar-refractivity contribution in [1.82, 2.24) is 3.97 Å². The van der Waals surface area contributed by atoms with Crippen LogP contribution in [-0.4, -0.2) is 24.1 Å². The summed E-state index contributed by atoms with van der Waals surface area (Å²) in [5.74, 6) is 0. The highest BCUT2D eigenvalue weighted by Gasteiger charge is 2.16. The molecule has 0 fully saturated rings. The van der Waals surface area contributed by atoms with E-state index < -0.39 is 10.0 Å². The Balaban J connectivity index is 0.000000956. The third kappa shape index (κ3) is 3.71. The second-order valence-corrected chi connectivity index (χ2v) is 5.98. The molecule has 5 heteroatoms. The minimum absolute atomic E-state index is 0.00852. The molecule has 0 spiro atoms. The van der Waals surface area contributed by atoms with Gasteiger partial charge in [0.05, 0.1) is 4.90 Å². The number of hydrogen-bond donors (Lipinski definition) is 1. The summed E-state index contributed by atoms with van der Waals surface area (Å²) in [7, 11) is -3.52. The molecule has 1 N–H and O–H groups in total. The number of hydrogen-bond acceptors (Lipinski definition) is 3. The average Bonchev–Trinajstić information content (AvgIpc) is 2.91. The van der Waals surface area contributed by atoms with Gasteiger partial charge in [-0.25, -0.2) is 12.4 Å². The van der Waals surface area contributed by atoms with Gasteiger partial charge in [0.25, 0.3) is 10.0 Å². The first-order valence-corrected chi connectivity index (χ1v) is 8.08. The first kappa shape index (κ1) is 16.5. The maximum Gasteiger partial charge on any atom is 0.267 e. The molecule has 0 aliphatic carbocycles. The van der Waals surface area contributed by atoms with Gasteiger partial charge in [0, 0.05) is 19.0 Å². The second kappa shape index (κ2) is 7.26. The molecule has 0 amide bonds. The van der Waals surface area contributed by atoms with E-state index in [1.807, 2.05) is 20.8 Å². The molecular formula is C15H21NO3S. The first-order valence-electron chi connectivity index (χ1n) is 6.64. The van der Waals surface area contributed by atoms with Crippen LogP contribution < -0.4 is 0 Å². The molecule has 0 aliphatic rings. The van der Waals surface area contributed by atoms with E-state index in [1.54, 1.807) is 30.3 Å². The lowest BCUT2D eigenvalue weighted by Gasteiger charge is -2.05. The van der Waals surface area contributed by atoms with E-state index in [-0.39, 0.29) is 11.5 Å². The van der Waals surface area contributed by atoms with Gasteiger partial charge in [-0.05, 0) is 37.1 Å². The van der Waals surface area contributed by atoms with Gasteiger partial charge in [0.2, 0.25) is 0 Å². The van der Waals surface area contributed by atoms with Crippen molar-refractivity contribution in [3.05, 3.63) is 53.9 Å². The zero-order valence-electron chi connectivity index (χ0n) is 12.1. The SMILES string of the molecule is CC.Cc1ccc(S(=O)(=O)n2ccc(CCO)c2)cc1. The van der Waals surface area contributed by atoms with E-state index in [9.17, 15) is 8.42 Å². The van der Waals surface area contributed by atoms with Crippen LogP contribution in [0.1, 0.15) is 25.0 Å². The van der Waals surface area contributed by atoms with Gasteiger partial charge >= 0.3 is 0 Å². The molecule has 4 nitrogen and oxygen atoms in total. The van der Waals surface area contributed by atoms with Gasteiger partial charge in [0.15, 0.2) is 0 Å². The quantitative estimate of drug-likeness (QED) is 0.943. The Morgan fingerprint density at radius 1 is 1.10 bits per heavy atom. The smallest absolute Gasteiger partial charge is 0.267 e. The summed E-state index contributed by atoms with van der Waals surface area (Å²) in [6.07, 6.45) is 3.49. The molecule has 2 aromatic rings. The largest absolute Gasteiger partial charge is 0.396 e. The van der Waals surface area contributed by atoms with Crippen LogP contribution in [-0.2, 0) is 16.4 Å². The Bertz CT molecular complexity index is 627. The number of aliphatic hydroxyl groups is 1. The van der Waals surface area contributed by atoms with Crippen LogP contribution in [0.5, 0.6) is 0 Å². The highest BCUT2D eigenvalue weighted by Crippen LogP contribution is 2.16. The molecule has 0 saturated heterocycles. The van der Waals surface area contributed by atoms with Gasteiger partial charge in [-0.15, -0.1) is 0 Å². The lowest BCUT2D eigenvalue weighted by atomic mass is 10.2. The summed E-state index contributed by atoms with van der Waals surface area (Å²) in [6.45, 7) is 5.92. The summed E-state index contributed by atoms with van der Waals surface area (Å²) >= 11 is 0. The summed E-state index contributed by atoms with van der Waals surface area (Å²) in [5, 5.41) is 8.82. The Morgan fingerprint density at radius 2 is 1.70 bits per heavy atom. The lowest BCUT2D eigenvalue weighted by Crippen LogP contribution is -2.10. The normalized spacial score (nSPS) is 10.8. The predicted molar refractivity (Wildman–Crippen MR) is 80.3 cm³/mol. The van der Waals surface area contributed by atoms with Gasteiger partial charge in [-0.2, -0.15) is 0 Å². The molecule has 2 rings (SSSR count). The van der Waals surface area contributed by atoms with Crippen LogP contribution in [0, 0.1) is 6.92 Å². The number of rotatable bonds is 4. The Labute approximate surface area is 120 Å². The molecular weight excluding hydrogens is 274 g/mol. The van der Waals surface area contributed by atoms with Crippen molar-refractivity contribution >= 4 is 10.0 Å². The number of aromatic nitrogens is 1. The zero-order chi connectivity index (χ0) is 15.2. The maximum absolute atomic E-state index is 12.3. The molecule has 0 atom stereocenters. The molecule has 0 aliphatic heterocycles. The van der Waals surface area contributed by atoms with Crippen molar-refractivity contribution in [1.29, 1.82) is 0 Å². The minimum atomic E-state index is -3.52. The molecule has 0 unspecified atom stereocenters. The first-order chi connectivity index (χ1) is 9.54. The Hall–Kier alpha value is -1.59. The second-order valence-electron chi connectivity index (χ2n) is 4.14. The number of aliphatic hydroxyl groups excluding tert-OH is 1. The van der Waals surface area contributed by atoms with Crippen molar-refractivity contribution in [2.45, 2.75) is 32.1 Å². The summed E-state index contributed by atoms with van der Waals surface area (Å²) in [5.41, 5.74) is 1.82. The topological polar surface area (TPSA) is 59.3 Å². The molecule has 110 valence electrons. The summed E-state index contributed by atoms with van der Waals surface area (Å²) < 4.78 is 25.7. The van der Waals surface area contributed by atoms with Crippen LogP contribution in [0.4, 0.5) is 0 Å². The minimum Gasteiger partial charge on any atom is -0.396 e. The van der Waals surface area contributed by atoms with Crippen LogP contribution in [0.15, 0.2) is 47.6 Å². The fourth-order valence-electron chi connectivity index (χ4n) is 1.68. The fourth-order valence-corrected chi connectivity index (χ4v) is 2.90. The molecule has 0 bridgehead atoms. The third-order valence-electron chi connectivity index (χ3n) is 2.73. The molecule has 1 aromatic carbocycles. The van der Waals surface area contributed by atoms with Crippen molar-refractivity contribution in [2.24, 2.45) is 0 Å². The van der Waals surface area contributed by atoms with Crippen molar-refractivity contribution in [3.63, 3.8) is 0 Å². The van der Waals surface area contributed by atoms with E-state index >= 15 is 0 Å². The highest BCUT2D eigenvalue weighted by atomic mass is 32.2. The summed E-state index contributed by atoms with van der Waals surface area (Å²) in [6, 6.07) is 8.42. The van der Waals surface area contributed by atoms with Gasteiger partial charge in [-0.1, -0.05) is 31.5 Å². The molecule has 1 heterocycles. The maximum atomic E-state index is 12.3. The molecule has 1 aromatic heterocycles. The average molecular weight is 295 g/mol. The van der Waals surface area contributed by atoms with E-state index in [4.69, 9.17) is 5.11 Å². The highest BCUT2D eigenvalue weighted by molar-refractivity contribution is 7.90. The van der Waals surface area contributed by atoms with E-state index in [0.717, 1.165) is 11.1 Å². The third-order valence-corrected chi connectivity index (χ3v) is 4.38. The number of benzene rings is 1. The van der Waals surface area contributed by atoms with E-state index in [1.165, 1.54) is 16.4 Å². The number of nitrogens with zero attached hydrogens (tertiary/aromatic N) is 1. The summed E-state index contributed by atoms with van der Waals surface area (Å²) in [4.78, 5) is 0.263. The molecule has 20 heavy (non-hydrogen) atoms.